The second-order valence-corrected chi connectivity index (χ2v) is 3.21. The Morgan fingerprint density at radius 2 is 2.10 bits per heavy atom. The highest BCUT2D eigenvalue weighted by molar-refractivity contribution is 5.86. The Balaban J connectivity index is 2.81. The van der Waals surface area contributed by atoms with Crippen LogP contribution in [-0.4, -0.2) is 5.78 Å². The van der Waals surface area contributed by atoms with Crippen LogP contribution < -0.4 is 0 Å². The molecule has 0 bridgehead atoms. The molecule has 56 valence electrons. The zero-order chi connectivity index (χ0) is 7.72. The smallest absolute Gasteiger partial charge is 0.142 e. The molecule has 0 radical (unpaired) electrons. The molecule has 0 amide bonds. The molecule has 0 aromatic carbocycles. The quantitative estimate of drug-likeness (QED) is 0.469. The number of hydrogen-bond acceptors (Lipinski definition) is 1. The van der Waals surface area contributed by atoms with Crippen molar-refractivity contribution < 1.29 is 4.79 Å². The molecule has 0 saturated carbocycles. The van der Waals surface area contributed by atoms with Crippen molar-refractivity contribution in [3.05, 3.63) is 11.6 Å². The zero-order valence-electron chi connectivity index (χ0n) is 6.85. The minimum absolute atomic E-state index is 0.170. The first-order chi connectivity index (χ1) is 4.63. The Morgan fingerprint density at radius 3 is 2.60 bits per heavy atom. The molecule has 0 spiro atoms. The predicted molar refractivity (Wildman–Crippen MR) is 41.7 cm³/mol. The largest absolute Gasteiger partial charge is 0.299 e. The number of rotatable bonds is 0. The predicted octanol–water partition coefficient (Wildman–Crippen LogP) is 2.18. The van der Waals surface area contributed by atoms with Crippen LogP contribution in [0.15, 0.2) is 11.6 Å². The number of carbonyl (C=O) groups is 1. The Bertz CT molecular complexity index is 179. The standard InChI is InChI=1S/C9H14O/c1-6-4-5-7(2)9(10)8(6)3/h4,7-8H,5H2,1-3H3. The molecule has 1 nitrogen and oxygen atoms in total. The summed E-state index contributed by atoms with van der Waals surface area (Å²) in [5.74, 6) is 0.822. The van der Waals surface area contributed by atoms with Crippen molar-refractivity contribution in [2.45, 2.75) is 27.2 Å². The van der Waals surface area contributed by atoms with E-state index in [-0.39, 0.29) is 11.8 Å². The third-order valence-corrected chi connectivity index (χ3v) is 2.39. The molecule has 2 atom stereocenters. The number of ketones is 1. The van der Waals surface area contributed by atoms with Gasteiger partial charge in [0.2, 0.25) is 0 Å². The van der Waals surface area contributed by atoms with E-state index in [1.54, 1.807) is 0 Å². The van der Waals surface area contributed by atoms with Crippen molar-refractivity contribution in [2.24, 2.45) is 11.8 Å². The van der Waals surface area contributed by atoms with Crippen LogP contribution >= 0.6 is 0 Å². The van der Waals surface area contributed by atoms with E-state index in [0.717, 1.165) is 6.42 Å². The van der Waals surface area contributed by atoms with Crippen molar-refractivity contribution >= 4 is 5.78 Å². The van der Waals surface area contributed by atoms with Crippen molar-refractivity contribution in [1.29, 1.82) is 0 Å². The molecule has 1 aliphatic carbocycles. The van der Waals surface area contributed by atoms with E-state index in [1.165, 1.54) is 5.57 Å². The summed E-state index contributed by atoms with van der Waals surface area (Å²) >= 11 is 0. The van der Waals surface area contributed by atoms with Crippen LogP contribution in [0.3, 0.4) is 0 Å². The fourth-order valence-corrected chi connectivity index (χ4v) is 1.31. The Hall–Kier alpha value is -0.590. The molecular weight excluding hydrogens is 124 g/mol. The summed E-state index contributed by atoms with van der Waals surface area (Å²) in [7, 11) is 0. The number of allylic oxidation sites excluding steroid dienone is 2. The van der Waals surface area contributed by atoms with Crippen LogP contribution in [0.5, 0.6) is 0 Å². The summed E-state index contributed by atoms with van der Waals surface area (Å²) < 4.78 is 0. The zero-order valence-corrected chi connectivity index (χ0v) is 6.85. The van der Waals surface area contributed by atoms with E-state index < -0.39 is 0 Å². The number of carbonyl (C=O) groups excluding carboxylic acids is 1. The average molecular weight is 138 g/mol. The fourth-order valence-electron chi connectivity index (χ4n) is 1.31. The third-order valence-electron chi connectivity index (χ3n) is 2.39. The van der Waals surface area contributed by atoms with Gasteiger partial charge in [0, 0.05) is 11.8 Å². The highest BCUT2D eigenvalue weighted by Gasteiger charge is 2.23. The van der Waals surface area contributed by atoms with Gasteiger partial charge in [-0.15, -0.1) is 0 Å². The molecule has 0 N–H and O–H groups in total. The van der Waals surface area contributed by atoms with Crippen LogP contribution in [-0.2, 0) is 4.79 Å². The topological polar surface area (TPSA) is 17.1 Å². The number of hydrogen-bond donors (Lipinski definition) is 0. The van der Waals surface area contributed by atoms with Crippen molar-refractivity contribution in [2.75, 3.05) is 0 Å². The molecule has 0 fully saturated rings. The second kappa shape index (κ2) is 2.57. The maximum atomic E-state index is 11.3. The maximum Gasteiger partial charge on any atom is 0.142 e. The second-order valence-electron chi connectivity index (χ2n) is 3.21. The Labute approximate surface area is 62.1 Å². The summed E-state index contributed by atoms with van der Waals surface area (Å²) in [6, 6.07) is 0. The van der Waals surface area contributed by atoms with Gasteiger partial charge in [-0.25, -0.2) is 0 Å². The minimum atomic E-state index is 0.170. The van der Waals surface area contributed by atoms with Crippen LogP contribution in [0.4, 0.5) is 0 Å². The van der Waals surface area contributed by atoms with Crippen molar-refractivity contribution in [1.82, 2.24) is 0 Å². The molecule has 0 aromatic heterocycles. The van der Waals surface area contributed by atoms with E-state index in [4.69, 9.17) is 0 Å². The molecule has 1 rings (SSSR count). The maximum absolute atomic E-state index is 11.3. The first-order valence-corrected chi connectivity index (χ1v) is 3.83. The molecule has 0 aromatic rings. The van der Waals surface area contributed by atoms with Gasteiger partial charge >= 0.3 is 0 Å². The van der Waals surface area contributed by atoms with E-state index in [9.17, 15) is 4.79 Å². The summed E-state index contributed by atoms with van der Waals surface area (Å²) in [5.41, 5.74) is 1.24. The monoisotopic (exact) mass is 138 g/mol. The van der Waals surface area contributed by atoms with Crippen molar-refractivity contribution in [3.63, 3.8) is 0 Å². The lowest BCUT2D eigenvalue weighted by Crippen LogP contribution is -2.23. The highest BCUT2D eigenvalue weighted by Crippen LogP contribution is 2.24. The number of Topliss-reactive ketones (excluding diaryl/α,β-unsaturated/α-hetero) is 1. The summed E-state index contributed by atoms with van der Waals surface area (Å²) in [6.45, 7) is 6.03. The van der Waals surface area contributed by atoms with Gasteiger partial charge in [-0.3, -0.25) is 4.79 Å². The van der Waals surface area contributed by atoms with Crippen molar-refractivity contribution in [3.8, 4) is 0 Å². The molecule has 1 aliphatic rings. The van der Waals surface area contributed by atoms with Gasteiger partial charge < -0.3 is 0 Å². The van der Waals surface area contributed by atoms with Gasteiger partial charge in [0.25, 0.3) is 0 Å². The molecule has 0 saturated heterocycles. The SMILES string of the molecule is CC1=CCC(C)C(=O)C1C. The lowest BCUT2D eigenvalue weighted by atomic mass is 9.83. The molecule has 10 heavy (non-hydrogen) atoms. The van der Waals surface area contributed by atoms with Crippen LogP contribution in [0, 0.1) is 11.8 Å². The van der Waals surface area contributed by atoms with Crippen LogP contribution in [0.1, 0.15) is 27.2 Å². The highest BCUT2D eigenvalue weighted by atomic mass is 16.1. The summed E-state index contributed by atoms with van der Waals surface area (Å²) in [6.07, 6.45) is 3.12. The first kappa shape index (κ1) is 7.52. The Morgan fingerprint density at radius 1 is 1.50 bits per heavy atom. The van der Waals surface area contributed by atoms with E-state index >= 15 is 0 Å². The molecule has 0 aliphatic heterocycles. The van der Waals surface area contributed by atoms with E-state index in [2.05, 4.69) is 6.08 Å². The minimum Gasteiger partial charge on any atom is -0.299 e. The molecule has 1 heteroatoms. The van der Waals surface area contributed by atoms with Gasteiger partial charge in [-0.1, -0.05) is 25.5 Å². The van der Waals surface area contributed by atoms with Crippen LogP contribution in [0.25, 0.3) is 0 Å². The lowest BCUT2D eigenvalue weighted by molar-refractivity contribution is -0.125. The summed E-state index contributed by atoms with van der Waals surface area (Å²) in [4.78, 5) is 11.3. The molecular formula is C9H14O. The van der Waals surface area contributed by atoms with Gasteiger partial charge in [-0.05, 0) is 13.3 Å². The fraction of sp³-hybridized carbons (Fsp3) is 0.667. The lowest BCUT2D eigenvalue weighted by Gasteiger charge is -2.21. The van der Waals surface area contributed by atoms with Gasteiger partial charge in [0.1, 0.15) is 5.78 Å². The van der Waals surface area contributed by atoms with Gasteiger partial charge in [0.15, 0.2) is 0 Å². The van der Waals surface area contributed by atoms with E-state index in [0.29, 0.717) is 5.78 Å². The van der Waals surface area contributed by atoms with Crippen LogP contribution in [0.2, 0.25) is 0 Å². The van der Waals surface area contributed by atoms with E-state index in [1.807, 2.05) is 20.8 Å². The molecule has 2 unspecified atom stereocenters. The molecule has 0 heterocycles. The van der Waals surface area contributed by atoms with Gasteiger partial charge in [0.05, 0.1) is 0 Å². The van der Waals surface area contributed by atoms with Gasteiger partial charge in [-0.2, -0.15) is 0 Å². The average Bonchev–Trinajstić information content (AvgIpc) is 1.93. The third kappa shape index (κ3) is 1.13. The summed E-state index contributed by atoms with van der Waals surface area (Å²) in [5, 5.41) is 0. The Kier molecular flexibility index (Phi) is 1.93. The normalized spacial score (nSPS) is 33.9. The first-order valence-electron chi connectivity index (χ1n) is 3.83.